The summed E-state index contributed by atoms with van der Waals surface area (Å²) in [6.07, 6.45) is 3.55. The molecule has 2 amide bonds. The number of hydrogen-bond donors (Lipinski definition) is 3. The average molecular weight is 452 g/mol. The largest absolute Gasteiger partial charge is 0.328 e. The van der Waals surface area contributed by atoms with E-state index in [9.17, 15) is 9.59 Å². The van der Waals surface area contributed by atoms with E-state index >= 15 is 0 Å². The van der Waals surface area contributed by atoms with E-state index in [1.54, 1.807) is 48.1 Å². The van der Waals surface area contributed by atoms with Gasteiger partial charge in [-0.15, -0.1) is 0 Å². The zero-order chi connectivity index (χ0) is 22.7. The van der Waals surface area contributed by atoms with Crippen LogP contribution >= 0.6 is 11.6 Å². The molecule has 1 aliphatic carbocycles. The SMILES string of the molecule is Cn1nc(-c2ccc(NC(=O)c3ccccc3Cl)cc2)cc1NC(=O)[C@H]1CCC[C@@H](N)C1. The number of halogens is 1. The highest BCUT2D eigenvalue weighted by Gasteiger charge is 2.26. The molecule has 1 saturated carbocycles. The van der Waals surface area contributed by atoms with Gasteiger partial charge in [-0.2, -0.15) is 5.10 Å². The maximum atomic E-state index is 12.6. The molecule has 3 aromatic rings. The summed E-state index contributed by atoms with van der Waals surface area (Å²) in [6.45, 7) is 0. The number of carbonyl (C=O) groups excluding carboxylic acids is 2. The predicted octanol–water partition coefficient (Wildman–Crippen LogP) is 4.45. The lowest BCUT2D eigenvalue weighted by Gasteiger charge is -2.25. The lowest BCUT2D eigenvalue weighted by atomic mass is 9.85. The first-order valence-electron chi connectivity index (χ1n) is 10.7. The predicted molar refractivity (Wildman–Crippen MR) is 127 cm³/mol. The summed E-state index contributed by atoms with van der Waals surface area (Å²) in [7, 11) is 1.80. The van der Waals surface area contributed by atoms with Crippen LogP contribution in [0.4, 0.5) is 11.5 Å². The monoisotopic (exact) mass is 451 g/mol. The van der Waals surface area contributed by atoms with Gasteiger partial charge in [-0.3, -0.25) is 14.3 Å². The Bertz CT molecular complexity index is 1130. The zero-order valence-electron chi connectivity index (χ0n) is 17.8. The molecule has 1 heterocycles. The van der Waals surface area contributed by atoms with Crippen LogP contribution in [0.3, 0.4) is 0 Å². The standard InChI is InChI=1S/C24H26ClN5O2/c1-30-22(28-23(31)16-5-4-6-17(26)13-16)14-21(29-30)15-9-11-18(12-10-15)27-24(32)19-7-2-3-8-20(19)25/h2-3,7-12,14,16-17H,4-6,13,26H2,1H3,(H,27,32)(H,28,31)/t16-,17+/m0/s1. The number of aryl methyl sites for hydroxylation is 1. The van der Waals surface area contributed by atoms with Gasteiger partial charge in [-0.1, -0.05) is 42.3 Å². The summed E-state index contributed by atoms with van der Waals surface area (Å²) in [4.78, 5) is 25.1. The van der Waals surface area contributed by atoms with Crippen LogP contribution < -0.4 is 16.4 Å². The van der Waals surface area contributed by atoms with Gasteiger partial charge >= 0.3 is 0 Å². The first-order chi connectivity index (χ1) is 15.4. The van der Waals surface area contributed by atoms with Gasteiger partial charge < -0.3 is 16.4 Å². The van der Waals surface area contributed by atoms with Crippen molar-refractivity contribution in [1.82, 2.24) is 9.78 Å². The van der Waals surface area contributed by atoms with Crippen LogP contribution in [0.25, 0.3) is 11.3 Å². The minimum atomic E-state index is -0.270. The second-order valence-corrected chi connectivity index (χ2v) is 8.57. The summed E-state index contributed by atoms with van der Waals surface area (Å²) in [5.41, 5.74) is 8.69. The highest BCUT2D eigenvalue weighted by Crippen LogP contribution is 2.27. The van der Waals surface area contributed by atoms with Crippen molar-refractivity contribution in [1.29, 1.82) is 0 Å². The fourth-order valence-corrected chi connectivity index (χ4v) is 4.21. The van der Waals surface area contributed by atoms with E-state index in [4.69, 9.17) is 17.3 Å². The minimum absolute atomic E-state index is 0.00710. The maximum absolute atomic E-state index is 12.6. The van der Waals surface area contributed by atoms with Gasteiger partial charge in [0.1, 0.15) is 5.82 Å². The highest BCUT2D eigenvalue weighted by molar-refractivity contribution is 6.34. The third-order valence-electron chi connectivity index (χ3n) is 5.77. The average Bonchev–Trinajstić information content (AvgIpc) is 3.14. The van der Waals surface area contributed by atoms with Gasteiger partial charge in [0.15, 0.2) is 0 Å². The van der Waals surface area contributed by atoms with Crippen molar-refractivity contribution in [3.63, 3.8) is 0 Å². The molecule has 2 aromatic carbocycles. The lowest BCUT2D eigenvalue weighted by Crippen LogP contribution is -2.34. The summed E-state index contributed by atoms with van der Waals surface area (Å²) in [5.74, 6) is 0.305. The lowest BCUT2D eigenvalue weighted by molar-refractivity contribution is -0.120. The van der Waals surface area contributed by atoms with E-state index in [0.29, 0.717) is 22.1 Å². The number of nitrogens with zero attached hydrogens (tertiary/aromatic N) is 2. The van der Waals surface area contributed by atoms with E-state index in [1.807, 2.05) is 18.2 Å². The van der Waals surface area contributed by atoms with Crippen molar-refractivity contribution in [2.24, 2.45) is 18.7 Å². The molecule has 32 heavy (non-hydrogen) atoms. The van der Waals surface area contributed by atoms with Gasteiger partial charge in [0, 0.05) is 36.3 Å². The summed E-state index contributed by atoms with van der Waals surface area (Å²) in [5, 5.41) is 10.8. The fourth-order valence-electron chi connectivity index (χ4n) is 3.99. The number of hydrogen-bond acceptors (Lipinski definition) is 4. The van der Waals surface area contributed by atoms with E-state index in [1.165, 1.54) is 0 Å². The van der Waals surface area contributed by atoms with Crippen molar-refractivity contribution in [3.8, 4) is 11.3 Å². The number of rotatable bonds is 5. The smallest absolute Gasteiger partial charge is 0.257 e. The van der Waals surface area contributed by atoms with Crippen LogP contribution in [0.5, 0.6) is 0 Å². The molecule has 4 N–H and O–H groups in total. The molecule has 166 valence electrons. The molecular weight excluding hydrogens is 426 g/mol. The molecule has 0 unspecified atom stereocenters. The van der Waals surface area contributed by atoms with Crippen LogP contribution in [0.1, 0.15) is 36.0 Å². The minimum Gasteiger partial charge on any atom is -0.328 e. The maximum Gasteiger partial charge on any atom is 0.257 e. The van der Waals surface area contributed by atoms with Gasteiger partial charge in [-0.05, 0) is 43.5 Å². The Morgan fingerprint density at radius 2 is 1.84 bits per heavy atom. The molecule has 1 aromatic heterocycles. The first-order valence-corrected chi connectivity index (χ1v) is 11.1. The fraction of sp³-hybridized carbons (Fsp3) is 0.292. The third kappa shape index (κ3) is 5.00. The molecule has 0 bridgehead atoms. The second kappa shape index (κ2) is 9.54. The summed E-state index contributed by atoms with van der Waals surface area (Å²) in [6, 6.07) is 16.2. The molecule has 0 radical (unpaired) electrons. The molecule has 0 saturated heterocycles. The van der Waals surface area contributed by atoms with E-state index < -0.39 is 0 Å². The molecular formula is C24H26ClN5O2. The van der Waals surface area contributed by atoms with Gasteiger partial charge in [0.25, 0.3) is 5.91 Å². The molecule has 7 nitrogen and oxygen atoms in total. The second-order valence-electron chi connectivity index (χ2n) is 8.16. The Labute approximate surface area is 191 Å². The van der Waals surface area contributed by atoms with Crippen LogP contribution in [0.2, 0.25) is 5.02 Å². The molecule has 2 atom stereocenters. The van der Waals surface area contributed by atoms with Crippen molar-refractivity contribution in [2.45, 2.75) is 31.7 Å². The number of carbonyl (C=O) groups is 2. The Morgan fingerprint density at radius 1 is 1.09 bits per heavy atom. The molecule has 0 spiro atoms. The van der Waals surface area contributed by atoms with Gasteiger partial charge in [-0.25, -0.2) is 0 Å². The topological polar surface area (TPSA) is 102 Å². The number of aromatic nitrogens is 2. The summed E-state index contributed by atoms with van der Waals surface area (Å²) >= 11 is 6.09. The molecule has 1 fully saturated rings. The number of nitrogens with one attached hydrogen (secondary N) is 2. The Hall–Kier alpha value is -3.16. The molecule has 1 aliphatic rings. The normalized spacial score (nSPS) is 18.2. The quantitative estimate of drug-likeness (QED) is 0.533. The van der Waals surface area contributed by atoms with Crippen molar-refractivity contribution >= 4 is 34.9 Å². The third-order valence-corrected chi connectivity index (χ3v) is 6.10. The number of anilines is 2. The van der Waals surface area contributed by atoms with Crippen molar-refractivity contribution in [2.75, 3.05) is 10.6 Å². The Balaban J connectivity index is 1.43. The molecule has 4 rings (SSSR count). The van der Waals surface area contributed by atoms with Gasteiger partial charge in [0.05, 0.1) is 16.3 Å². The number of nitrogens with two attached hydrogens (primary N) is 1. The van der Waals surface area contributed by atoms with E-state index in [-0.39, 0.29) is 23.8 Å². The summed E-state index contributed by atoms with van der Waals surface area (Å²) < 4.78 is 1.66. The molecule has 8 heteroatoms. The van der Waals surface area contributed by atoms with E-state index in [0.717, 1.165) is 36.9 Å². The van der Waals surface area contributed by atoms with Gasteiger partial charge in [0.2, 0.25) is 5.91 Å². The Morgan fingerprint density at radius 3 is 2.56 bits per heavy atom. The van der Waals surface area contributed by atoms with Crippen LogP contribution in [-0.2, 0) is 11.8 Å². The number of benzene rings is 2. The van der Waals surface area contributed by atoms with Crippen LogP contribution in [0, 0.1) is 5.92 Å². The zero-order valence-corrected chi connectivity index (χ0v) is 18.6. The Kier molecular flexibility index (Phi) is 6.58. The number of amides is 2. The van der Waals surface area contributed by atoms with E-state index in [2.05, 4.69) is 15.7 Å². The molecule has 0 aliphatic heterocycles. The van der Waals surface area contributed by atoms with Crippen molar-refractivity contribution in [3.05, 3.63) is 65.2 Å². The van der Waals surface area contributed by atoms with Crippen molar-refractivity contribution < 1.29 is 9.59 Å². The first kappa shape index (κ1) is 22.0. The van der Waals surface area contributed by atoms with Crippen LogP contribution in [0.15, 0.2) is 54.6 Å². The highest BCUT2D eigenvalue weighted by atomic mass is 35.5. The van der Waals surface area contributed by atoms with Crippen LogP contribution in [-0.4, -0.2) is 27.6 Å².